The lowest BCUT2D eigenvalue weighted by Gasteiger charge is -2.16. The second-order valence-electron chi connectivity index (χ2n) is 3.82. The molecule has 4 nitrogen and oxygen atoms in total. The van der Waals surface area contributed by atoms with Crippen molar-refractivity contribution >= 4 is 5.97 Å². The first kappa shape index (κ1) is 13.6. The number of furan rings is 1. The van der Waals surface area contributed by atoms with Gasteiger partial charge in [0, 0.05) is 5.56 Å². The molecule has 0 aliphatic heterocycles. The monoisotopic (exact) mass is 251 g/mol. The molecule has 0 saturated heterocycles. The fourth-order valence-corrected chi connectivity index (χ4v) is 1.47. The standard InChI is InChI=1S/C10H12F3NO3/c1-6-3-7(17-8(6)9(15)16)4-14(2)5-10(11,12)13/h3H,4-5H2,1-2H3,(H,15,16). The van der Waals surface area contributed by atoms with Gasteiger partial charge in [0.15, 0.2) is 0 Å². The van der Waals surface area contributed by atoms with Crippen LogP contribution in [0.1, 0.15) is 21.9 Å². The fraction of sp³-hybridized carbons (Fsp3) is 0.500. The summed E-state index contributed by atoms with van der Waals surface area (Å²) in [7, 11) is 1.28. The zero-order valence-corrected chi connectivity index (χ0v) is 9.34. The molecular weight excluding hydrogens is 239 g/mol. The minimum atomic E-state index is -4.29. The van der Waals surface area contributed by atoms with Gasteiger partial charge in [0.05, 0.1) is 13.1 Å². The minimum Gasteiger partial charge on any atom is -0.475 e. The Balaban J connectivity index is 2.69. The van der Waals surface area contributed by atoms with E-state index < -0.39 is 18.7 Å². The quantitative estimate of drug-likeness (QED) is 0.891. The van der Waals surface area contributed by atoms with Gasteiger partial charge in [0.2, 0.25) is 5.76 Å². The number of halogens is 3. The predicted molar refractivity (Wildman–Crippen MR) is 52.8 cm³/mol. The Bertz CT molecular complexity index is 411. The maximum absolute atomic E-state index is 12.1. The molecular formula is C10H12F3NO3. The average Bonchev–Trinajstić information content (AvgIpc) is 2.42. The smallest absolute Gasteiger partial charge is 0.401 e. The molecule has 1 N–H and O–H groups in total. The lowest BCUT2D eigenvalue weighted by atomic mass is 10.2. The van der Waals surface area contributed by atoms with E-state index in [9.17, 15) is 18.0 Å². The lowest BCUT2D eigenvalue weighted by Crippen LogP contribution is -2.30. The van der Waals surface area contributed by atoms with Gasteiger partial charge < -0.3 is 9.52 Å². The van der Waals surface area contributed by atoms with Crippen molar-refractivity contribution in [2.75, 3.05) is 13.6 Å². The van der Waals surface area contributed by atoms with E-state index >= 15 is 0 Å². The number of aromatic carboxylic acids is 1. The fourth-order valence-electron chi connectivity index (χ4n) is 1.47. The van der Waals surface area contributed by atoms with Crippen molar-refractivity contribution in [3.63, 3.8) is 0 Å². The second kappa shape index (κ2) is 4.79. The Kier molecular flexibility index (Phi) is 3.82. The van der Waals surface area contributed by atoms with Crippen LogP contribution in [0.4, 0.5) is 13.2 Å². The van der Waals surface area contributed by atoms with Gasteiger partial charge >= 0.3 is 12.1 Å². The average molecular weight is 251 g/mol. The number of carboxylic acids is 1. The van der Waals surface area contributed by atoms with Gasteiger partial charge in [-0.05, 0) is 20.0 Å². The number of carboxylic acid groups (broad SMARTS) is 1. The highest BCUT2D eigenvalue weighted by atomic mass is 19.4. The molecule has 7 heteroatoms. The Hall–Kier alpha value is -1.50. The van der Waals surface area contributed by atoms with Crippen molar-refractivity contribution in [2.45, 2.75) is 19.6 Å². The SMILES string of the molecule is Cc1cc(CN(C)CC(F)(F)F)oc1C(=O)O. The molecule has 0 fully saturated rings. The van der Waals surface area contributed by atoms with Crippen LogP contribution in [-0.4, -0.2) is 35.7 Å². The molecule has 1 heterocycles. The van der Waals surface area contributed by atoms with Gasteiger partial charge in [-0.1, -0.05) is 0 Å². The van der Waals surface area contributed by atoms with E-state index in [1.807, 2.05) is 0 Å². The Morgan fingerprint density at radius 1 is 1.53 bits per heavy atom. The minimum absolute atomic E-state index is 0.0897. The Morgan fingerprint density at radius 2 is 2.12 bits per heavy atom. The van der Waals surface area contributed by atoms with Crippen molar-refractivity contribution in [3.05, 3.63) is 23.2 Å². The third-order valence-corrected chi connectivity index (χ3v) is 2.04. The molecule has 0 bridgehead atoms. The van der Waals surface area contributed by atoms with E-state index in [0.29, 0.717) is 5.56 Å². The van der Waals surface area contributed by atoms with Crippen LogP contribution in [0, 0.1) is 6.92 Å². The van der Waals surface area contributed by atoms with Gasteiger partial charge in [-0.3, -0.25) is 4.90 Å². The largest absolute Gasteiger partial charge is 0.475 e. The molecule has 1 rings (SSSR count). The lowest BCUT2D eigenvalue weighted by molar-refractivity contribution is -0.144. The molecule has 96 valence electrons. The number of hydrogen-bond donors (Lipinski definition) is 1. The number of hydrogen-bond acceptors (Lipinski definition) is 3. The number of carbonyl (C=O) groups is 1. The Labute approximate surface area is 95.6 Å². The summed E-state index contributed by atoms with van der Waals surface area (Å²) in [6.45, 7) is 0.364. The van der Waals surface area contributed by atoms with Crippen LogP contribution in [0.5, 0.6) is 0 Å². The van der Waals surface area contributed by atoms with E-state index in [1.54, 1.807) is 0 Å². The summed E-state index contributed by atoms with van der Waals surface area (Å²) >= 11 is 0. The molecule has 17 heavy (non-hydrogen) atoms. The first-order valence-electron chi connectivity index (χ1n) is 4.77. The normalized spacial score (nSPS) is 12.1. The van der Waals surface area contributed by atoms with Crippen LogP contribution in [0.3, 0.4) is 0 Å². The van der Waals surface area contributed by atoms with Crippen LogP contribution in [0.25, 0.3) is 0 Å². The van der Waals surface area contributed by atoms with Gasteiger partial charge in [-0.2, -0.15) is 13.2 Å². The number of aryl methyl sites for hydroxylation is 1. The second-order valence-corrected chi connectivity index (χ2v) is 3.82. The summed E-state index contributed by atoms with van der Waals surface area (Å²) in [6.07, 6.45) is -4.29. The van der Waals surface area contributed by atoms with E-state index in [4.69, 9.17) is 9.52 Å². The van der Waals surface area contributed by atoms with Crippen molar-refractivity contribution in [2.24, 2.45) is 0 Å². The van der Waals surface area contributed by atoms with E-state index in [2.05, 4.69) is 0 Å². The number of nitrogens with zero attached hydrogens (tertiary/aromatic N) is 1. The summed E-state index contributed by atoms with van der Waals surface area (Å²) in [4.78, 5) is 11.7. The highest BCUT2D eigenvalue weighted by Crippen LogP contribution is 2.19. The summed E-state index contributed by atoms with van der Waals surface area (Å²) in [5.41, 5.74) is 0.396. The molecule has 0 atom stereocenters. The highest BCUT2D eigenvalue weighted by molar-refractivity contribution is 5.86. The molecule has 0 radical (unpaired) electrons. The van der Waals surface area contributed by atoms with Crippen molar-refractivity contribution in [3.8, 4) is 0 Å². The summed E-state index contributed by atoms with van der Waals surface area (Å²) in [6, 6.07) is 1.43. The third-order valence-electron chi connectivity index (χ3n) is 2.04. The molecule has 0 spiro atoms. The maximum Gasteiger partial charge on any atom is 0.401 e. The molecule has 0 aromatic carbocycles. The van der Waals surface area contributed by atoms with Gasteiger partial charge in [0.1, 0.15) is 5.76 Å². The number of alkyl halides is 3. The van der Waals surface area contributed by atoms with Crippen LogP contribution in [0.15, 0.2) is 10.5 Å². The third kappa shape index (κ3) is 4.10. The summed E-state index contributed by atoms with van der Waals surface area (Å²) < 4.78 is 41.1. The Morgan fingerprint density at radius 3 is 2.53 bits per heavy atom. The summed E-state index contributed by atoms with van der Waals surface area (Å²) in [5.74, 6) is -1.26. The van der Waals surface area contributed by atoms with Crippen molar-refractivity contribution < 1.29 is 27.5 Å². The number of rotatable bonds is 4. The van der Waals surface area contributed by atoms with Crippen LogP contribution < -0.4 is 0 Å². The van der Waals surface area contributed by atoms with E-state index in [-0.39, 0.29) is 18.1 Å². The highest BCUT2D eigenvalue weighted by Gasteiger charge is 2.29. The topological polar surface area (TPSA) is 53.7 Å². The van der Waals surface area contributed by atoms with Gasteiger partial charge in [-0.25, -0.2) is 4.79 Å². The molecule has 0 aliphatic rings. The van der Waals surface area contributed by atoms with Crippen LogP contribution in [-0.2, 0) is 6.54 Å². The summed E-state index contributed by atoms with van der Waals surface area (Å²) in [5, 5.41) is 8.71. The molecule has 0 unspecified atom stereocenters. The predicted octanol–water partition coefficient (Wildman–Crippen LogP) is 2.28. The van der Waals surface area contributed by atoms with Crippen LogP contribution >= 0.6 is 0 Å². The zero-order valence-electron chi connectivity index (χ0n) is 9.34. The van der Waals surface area contributed by atoms with Crippen molar-refractivity contribution in [1.82, 2.24) is 4.90 Å². The van der Waals surface area contributed by atoms with Crippen LogP contribution in [0.2, 0.25) is 0 Å². The van der Waals surface area contributed by atoms with Gasteiger partial charge in [0.25, 0.3) is 0 Å². The van der Waals surface area contributed by atoms with Gasteiger partial charge in [-0.15, -0.1) is 0 Å². The molecule has 0 amide bonds. The molecule has 1 aromatic rings. The first-order chi connectivity index (χ1) is 7.69. The molecule has 0 aliphatic carbocycles. The van der Waals surface area contributed by atoms with E-state index in [0.717, 1.165) is 4.90 Å². The molecule has 1 aromatic heterocycles. The van der Waals surface area contributed by atoms with Crippen molar-refractivity contribution in [1.29, 1.82) is 0 Å². The zero-order chi connectivity index (χ0) is 13.2. The first-order valence-corrected chi connectivity index (χ1v) is 4.77. The van der Waals surface area contributed by atoms with E-state index in [1.165, 1.54) is 20.0 Å². The molecule has 0 saturated carbocycles. The maximum atomic E-state index is 12.1.